The molecule has 0 spiro atoms. The Balaban J connectivity index is 2.17. The Kier molecular flexibility index (Phi) is 3.99. The van der Waals surface area contributed by atoms with Crippen LogP contribution in [0.2, 0.25) is 0 Å². The summed E-state index contributed by atoms with van der Waals surface area (Å²) >= 11 is 0. The molecule has 6 nitrogen and oxygen atoms in total. The summed E-state index contributed by atoms with van der Waals surface area (Å²) in [7, 11) is 1.34. The van der Waals surface area contributed by atoms with Crippen molar-refractivity contribution in [1.29, 1.82) is 0 Å². The van der Waals surface area contributed by atoms with E-state index in [0.29, 0.717) is 23.7 Å². The summed E-state index contributed by atoms with van der Waals surface area (Å²) in [6.07, 6.45) is 3.56. The molecule has 18 heavy (non-hydrogen) atoms. The van der Waals surface area contributed by atoms with E-state index in [9.17, 15) is 4.79 Å². The first-order valence-corrected chi connectivity index (χ1v) is 5.89. The fourth-order valence-corrected chi connectivity index (χ4v) is 1.94. The molecule has 6 heteroatoms. The van der Waals surface area contributed by atoms with Crippen LogP contribution in [0.1, 0.15) is 23.2 Å². The van der Waals surface area contributed by atoms with Crippen LogP contribution in [-0.4, -0.2) is 37.3 Å². The second-order valence-corrected chi connectivity index (χ2v) is 4.20. The van der Waals surface area contributed by atoms with Crippen molar-refractivity contribution in [2.75, 3.05) is 31.4 Å². The van der Waals surface area contributed by atoms with Gasteiger partial charge < -0.3 is 20.5 Å². The molecule has 2 rings (SSSR count). The molecule has 1 atom stereocenters. The molecule has 1 aromatic rings. The Hall–Kier alpha value is -1.82. The Morgan fingerprint density at radius 3 is 3.17 bits per heavy atom. The number of anilines is 2. The SMILES string of the molecule is COC(=O)c1cc(N)ncc1NC1CCCOC1. The number of carbonyl (C=O) groups is 1. The van der Waals surface area contributed by atoms with Gasteiger partial charge >= 0.3 is 5.97 Å². The molecule has 98 valence electrons. The van der Waals surface area contributed by atoms with Crippen LogP contribution in [-0.2, 0) is 9.47 Å². The number of nitrogens with one attached hydrogen (secondary N) is 1. The molecule has 1 fully saturated rings. The van der Waals surface area contributed by atoms with E-state index in [1.165, 1.54) is 13.2 Å². The lowest BCUT2D eigenvalue weighted by Gasteiger charge is -2.24. The maximum atomic E-state index is 11.7. The van der Waals surface area contributed by atoms with Gasteiger partial charge in [-0.05, 0) is 18.9 Å². The van der Waals surface area contributed by atoms with Crippen molar-refractivity contribution >= 4 is 17.5 Å². The molecular formula is C12H17N3O3. The number of rotatable bonds is 3. The molecule has 3 N–H and O–H groups in total. The van der Waals surface area contributed by atoms with Crippen LogP contribution >= 0.6 is 0 Å². The molecule has 1 saturated heterocycles. The number of methoxy groups -OCH3 is 1. The third-order valence-electron chi connectivity index (χ3n) is 2.85. The lowest BCUT2D eigenvalue weighted by molar-refractivity contribution is 0.0601. The number of nitrogen functional groups attached to an aromatic ring is 1. The normalized spacial score (nSPS) is 19.3. The van der Waals surface area contributed by atoms with Gasteiger partial charge in [0.15, 0.2) is 0 Å². The van der Waals surface area contributed by atoms with Gasteiger partial charge in [-0.15, -0.1) is 0 Å². The van der Waals surface area contributed by atoms with E-state index < -0.39 is 5.97 Å². The number of hydrogen-bond acceptors (Lipinski definition) is 6. The lowest BCUT2D eigenvalue weighted by Crippen LogP contribution is -2.30. The van der Waals surface area contributed by atoms with Crippen LogP contribution in [0.4, 0.5) is 11.5 Å². The highest BCUT2D eigenvalue weighted by molar-refractivity contribution is 5.96. The van der Waals surface area contributed by atoms with Gasteiger partial charge in [0.1, 0.15) is 5.82 Å². The van der Waals surface area contributed by atoms with E-state index >= 15 is 0 Å². The van der Waals surface area contributed by atoms with Gasteiger partial charge in [0.2, 0.25) is 0 Å². The van der Waals surface area contributed by atoms with Gasteiger partial charge in [0.25, 0.3) is 0 Å². The molecule has 2 heterocycles. The van der Waals surface area contributed by atoms with Gasteiger partial charge in [-0.2, -0.15) is 0 Å². The molecule has 1 aliphatic rings. The molecule has 0 saturated carbocycles. The molecule has 0 bridgehead atoms. The Bertz CT molecular complexity index is 431. The van der Waals surface area contributed by atoms with E-state index in [1.54, 1.807) is 6.20 Å². The average molecular weight is 251 g/mol. The minimum atomic E-state index is -0.427. The summed E-state index contributed by atoms with van der Waals surface area (Å²) in [6, 6.07) is 1.70. The first-order valence-electron chi connectivity index (χ1n) is 5.89. The Morgan fingerprint density at radius 1 is 1.67 bits per heavy atom. The fourth-order valence-electron chi connectivity index (χ4n) is 1.94. The zero-order chi connectivity index (χ0) is 13.0. The molecular weight excluding hydrogens is 234 g/mol. The van der Waals surface area contributed by atoms with E-state index in [2.05, 4.69) is 10.3 Å². The predicted molar refractivity (Wildman–Crippen MR) is 67.5 cm³/mol. The zero-order valence-corrected chi connectivity index (χ0v) is 10.3. The van der Waals surface area contributed by atoms with Gasteiger partial charge in [0.05, 0.1) is 31.2 Å². The van der Waals surface area contributed by atoms with Gasteiger partial charge in [-0.25, -0.2) is 9.78 Å². The topological polar surface area (TPSA) is 86.5 Å². The maximum absolute atomic E-state index is 11.7. The van der Waals surface area contributed by atoms with Gasteiger partial charge in [0, 0.05) is 12.6 Å². The predicted octanol–water partition coefficient (Wildman–Crippen LogP) is 1.04. The molecule has 0 aliphatic carbocycles. The highest BCUT2D eigenvalue weighted by Crippen LogP contribution is 2.20. The smallest absolute Gasteiger partial charge is 0.340 e. The molecule has 0 aromatic carbocycles. The van der Waals surface area contributed by atoms with Crippen LogP contribution in [0.3, 0.4) is 0 Å². The highest BCUT2D eigenvalue weighted by atomic mass is 16.5. The number of aromatic nitrogens is 1. The summed E-state index contributed by atoms with van der Waals surface area (Å²) in [5, 5.41) is 3.25. The molecule has 1 unspecified atom stereocenters. The summed E-state index contributed by atoms with van der Waals surface area (Å²) < 4.78 is 10.1. The summed E-state index contributed by atoms with van der Waals surface area (Å²) in [5.74, 6) is -0.135. The minimum Gasteiger partial charge on any atom is -0.465 e. The quantitative estimate of drug-likeness (QED) is 0.781. The van der Waals surface area contributed by atoms with Crippen LogP contribution in [0.25, 0.3) is 0 Å². The van der Waals surface area contributed by atoms with Crippen LogP contribution in [0, 0.1) is 0 Å². The molecule has 0 radical (unpaired) electrons. The standard InChI is InChI=1S/C12H17N3O3/c1-17-12(16)9-5-11(13)14-6-10(9)15-8-3-2-4-18-7-8/h5-6,8,15H,2-4,7H2,1H3,(H2,13,14). The van der Waals surface area contributed by atoms with E-state index in [-0.39, 0.29) is 6.04 Å². The summed E-state index contributed by atoms with van der Waals surface area (Å²) in [5.41, 5.74) is 6.61. The number of nitrogens with two attached hydrogens (primary N) is 1. The average Bonchev–Trinajstić information content (AvgIpc) is 2.41. The van der Waals surface area contributed by atoms with Crippen LogP contribution in [0.15, 0.2) is 12.3 Å². The van der Waals surface area contributed by atoms with Crippen LogP contribution in [0.5, 0.6) is 0 Å². The number of hydrogen-bond donors (Lipinski definition) is 2. The third kappa shape index (κ3) is 2.89. The van der Waals surface area contributed by atoms with Crippen molar-refractivity contribution in [2.24, 2.45) is 0 Å². The third-order valence-corrected chi connectivity index (χ3v) is 2.85. The Morgan fingerprint density at radius 2 is 2.50 bits per heavy atom. The van der Waals surface area contributed by atoms with Gasteiger partial charge in [-0.1, -0.05) is 0 Å². The molecule has 1 aromatic heterocycles. The summed E-state index contributed by atoms with van der Waals surface area (Å²) in [6.45, 7) is 1.42. The first-order chi connectivity index (χ1) is 8.70. The van der Waals surface area contributed by atoms with E-state index in [0.717, 1.165) is 19.4 Å². The second-order valence-electron chi connectivity index (χ2n) is 4.20. The van der Waals surface area contributed by atoms with Gasteiger partial charge in [-0.3, -0.25) is 0 Å². The largest absolute Gasteiger partial charge is 0.465 e. The Labute approximate surface area is 105 Å². The van der Waals surface area contributed by atoms with E-state index in [4.69, 9.17) is 15.2 Å². The van der Waals surface area contributed by atoms with Crippen molar-refractivity contribution in [3.8, 4) is 0 Å². The maximum Gasteiger partial charge on any atom is 0.340 e. The lowest BCUT2D eigenvalue weighted by atomic mass is 10.1. The van der Waals surface area contributed by atoms with Crippen molar-refractivity contribution in [1.82, 2.24) is 4.98 Å². The monoisotopic (exact) mass is 251 g/mol. The van der Waals surface area contributed by atoms with E-state index in [1.807, 2.05) is 0 Å². The van der Waals surface area contributed by atoms with Crippen LogP contribution < -0.4 is 11.1 Å². The summed E-state index contributed by atoms with van der Waals surface area (Å²) in [4.78, 5) is 15.6. The number of carbonyl (C=O) groups excluding carboxylic acids is 1. The van der Waals surface area contributed by atoms with Crippen molar-refractivity contribution in [3.63, 3.8) is 0 Å². The van der Waals surface area contributed by atoms with Crippen molar-refractivity contribution in [3.05, 3.63) is 17.8 Å². The van der Waals surface area contributed by atoms with Crippen molar-refractivity contribution in [2.45, 2.75) is 18.9 Å². The van der Waals surface area contributed by atoms with Crippen molar-refractivity contribution < 1.29 is 14.3 Å². The number of ether oxygens (including phenoxy) is 2. The first kappa shape index (κ1) is 12.6. The molecule has 0 amide bonds. The number of pyridine rings is 1. The molecule has 1 aliphatic heterocycles. The zero-order valence-electron chi connectivity index (χ0n) is 10.3. The number of nitrogens with zero attached hydrogens (tertiary/aromatic N) is 1. The number of esters is 1. The second kappa shape index (κ2) is 5.68. The minimum absolute atomic E-state index is 0.188. The fraction of sp³-hybridized carbons (Fsp3) is 0.500. The highest BCUT2D eigenvalue weighted by Gasteiger charge is 2.18.